The first-order valence-electron chi connectivity index (χ1n) is 9.00. The number of Topliss-reactive ketones (excluding diaryl/α,β-unsaturated/α-hetero) is 1. The van der Waals surface area contributed by atoms with Gasteiger partial charge in [-0.25, -0.2) is 4.79 Å². The third-order valence-corrected chi connectivity index (χ3v) is 5.09. The van der Waals surface area contributed by atoms with E-state index in [0.717, 1.165) is 0 Å². The largest absolute Gasteiger partial charge is 0.464 e. The molecular weight excluding hydrogens is 380 g/mol. The minimum Gasteiger partial charge on any atom is -0.464 e. The number of benzene rings is 1. The van der Waals surface area contributed by atoms with Gasteiger partial charge in [-0.3, -0.25) is 9.59 Å². The zero-order valence-electron chi connectivity index (χ0n) is 16.9. The summed E-state index contributed by atoms with van der Waals surface area (Å²) in [6.07, 6.45) is 0. The van der Waals surface area contributed by atoms with Crippen LogP contribution in [0.15, 0.2) is 24.3 Å². The SMILES string of the molecule is COC(=O)c1[nH]c(C)c(C(=O)[C@H](C)N(C(=O)c2ccccc2Cl)C(C)C)c1C. The van der Waals surface area contributed by atoms with Crippen molar-refractivity contribution in [3.05, 3.63) is 57.4 Å². The van der Waals surface area contributed by atoms with Gasteiger partial charge in [-0.1, -0.05) is 23.7 Å². The molecule has 28 heavy (non-hydrogen) atoms. The van der Waals surface area contributed by atoms with Crippen LogP contribution in [-0.4, -0.2) is 46.7 Å². The summed E-state index contributed by atoms with van der Waals surface area (Å²) in [6, 6.07) is 5.77. The molecule has 0 unspecified atom stereocenters. The Labute approximate surface area is 169 Å². The Bertz CT molecular complexity index is 917. The molecule has 0 aliphatic heterocycles. The van der Waals surface area contributed by atoms with Crippen molar-refractivity contribution in [2.24, 2.45) is 0 Å². The molecule has 0 radical (unpaired) electrons. The normalized spacial score (nSPS) is 12.0. The van der Waals surface area contributed by atoms with Crippen LogP contribution in [0.4, 0.5) is 0 Å². The molecule has 0 saturated carbocycles. The van der Waals surface area contributed by atoms with E-state index in [2.05, 4.69) is 4.98 Å². The van der Waals surface area contributed by atoms with Gasteiger partial charge in [0.15, 0.2) is 5.78 Å². The number of H-pyrrole nitrogens is 1. The molecule has 1 aromatic carbocycles. The average Bonchev–Trinajstić information content (AvgIpc) is 2.94. The van der Waals surface area contributed by atoms with Gasteiger partial charge in [0.05, 0.1) is 23.7 Å². The highest BCUT2D eigenvalue weighted by Gasteiger charge is 2.33. The van der Waals surface area contributed by atoms with Crippen LogP contribution in [0.2, 0.25) is 5.02 Å². The maximum atomic E-state index is 13.3. The number of nitrogens with zero attached hydrogens (tertiary/aromatic N) is 1. The molecule has 150 valence electrons. The van der Waals surface area contributed by atoms with Crippen LogP contribution >= 0.6 is 11.6 Å². The quantitative estimate of drug-likeness (QED) is 0.578. The number of carbonyl (C=O) groups excluding carboxylic acids is 3. The number of aromatic nitrogens is 1. The smallest absolute Gasteiger partial charge is 0.354 e. The molecule has 1 atom stereocenters. The van der Waals surface area contributed by atoms with Crippen LogP contribution in [0.3, 0.4) is 0 Å². The standard InChI is InChI=1S/C21H25ClN2O4/c1-11(2)24(20(26)15-9-7-8-10-16(15)22)14(5)19(25)17-12(3)18(21(27)28-6)23-13(17)4/h7-11,14,23H,1-6H3/t14-/m0/s1. The van der Waals surface area contributed by atoms with Crippen LogP contribution in [0.25, 0.3) is 0 Å². The summed E-state index contributed by atoms with van der Waals surface area (Å²) in [5, 5.41) is 0.333. The number of aromatic amines is 1. The van der Waals surface area contributed by atoms with Gasteiger partial charge in [-0.05, 0) is 52.3 Å². The lowest BCUT2D eigenvalue weighted by molar-refractivity contribution is 0.0565. The number of nitrogens with one attached hydrogen (secondary N) is 1. The molecule has 0 aliphatic rings. The molecule has 2 rings (SSSR count). The number of hydrogen-bond donors (Lipinski definition) is 1. The molecule has 0 aliphatic carbocycles. The van der Waals surface area contributed by atoms with E-state index in [1.807, 2.05) is 13.8 Å². The number of halogens is 1. The second-order valence-corrected chi connectivity index (χ2v) is 7.35. The molecule has 1 N–H and O–H groups in total. The Hall–Kier alpha value is -2.60. The number of methoxy groups -OCH3 is 1. The van der Waals surface area contributed by atoms with Crippen LogP contribution in [-0.2, 0) is 4.74 Å². The highest BCUT2D eigenvalue weighted by atomic mass is 35.5. The summed E-state index contributed by atoms with van der Waals surface area (Å²) >= 11 is 6.18. The van der Waals surface area contributed by atoms with Gasteiger partial charge in [0.25, 0.3) is 5.91 Å². The monoisotopic (exact) mass is 404 g/mol. The third-order valence-electron chi connectivity index (χ3n) is 4.77. The lowest BCUT2D eigenvalue weighted by Crippen LogP contribution is -2.47. The lowest BCUT2D eigenvalue weighted by atomic mass is 9.98. The molecule has 1 aromatic heterocycles. The Kier molecular flexibility index (Phi) is 6.67. The summed E-state index contributed by atoms with van der Waals surface area (Å²) in [6.45, 7) is 8.77. The maximum absolute atomic E-state index is 13.3. The van der Waals surface area contributed by atoms with E-state index in [9.17, 15) is 14.4 Å². The molecule has 0 saturated heterocycles. The maximum Gasteiger partial charge on any atom is 0.354 e. The minimum absolute atomic E-state index is 0.234. The molecule has 0 bridgehead atoms. The first kappa shape index (κ1) is 21.7. The molecule has 7 heteroatoms. The van der Waals surface area contributed by atoms with E-state index < -0.39 is 12.0 Å². The molecular formula is C21H25ClN2O4. The van der Waals surface area contributed by atoms with Gasteiger partial charge in [-0.2, -0.15) is 0 Å². The fourth-order valence-corrected chi connectivity index (χ4v) is 3.61. The van der Waals surface area contributed by atoms with Crippen LogP contribution < -0.4 is 0 Å². The molecule has 0 spiro atoms. The zero-order chi connectivity index (χ0) is 21.2. The van der Waals surface area contributed by atoms with Gasteiger partial charge in [0.2, 0.25) is 0 Å². The Morgan fingerprint density at radius 1 is 1.11 bits per heavy atom. The van der Waals surface area contributed by atoms with E-state index in [0.29, 0.717) is 27.4 Å². The number of rotatable bonds is 6. The number of aryl methyl sites for hydroxylation is 1. The summed E-state index contributed by atoms with van der Waals surface area (Å²) in [5.41, 5.74) is 2.05. The number of ketones is 1. The Morgan fingerprint density at radius 3 is 2.25 bits per heavy atom. The van der Waals surface area contributed by atoms with Gasteiger partial charge in [-0.15, -0.1) is 0 Å². The van der Waals surface area contributed by atoms with Gasteiger partial charge >= 0.3 is 5.97 Å². The number of ether oxygens (including phenoxy) is 1. The van der Waals surface area contributed by atoms with Crippen LogP contribution in [0.5, 0.6) is 0 Å². The fourth-order valence-electron chi connectivity index (χ4n) is 3.39. The van der Waals surface area contributed by atoms with Crippen molar-refractivity contribution in [1.82, 2.24) is 9.88 Å². The average molecular weight is 405 g/mol. The molecule has 0 fully saturated rings. The highest BCUT2D eigenvalue weighted by Crippen LogP contribution is 2.25. The van der Waals surface area contributed by atoms with Crippen molar-refractivity contribution >= 4 is 29.3 Å². The molecule has 1 amide bonds. The highest BCUT2D eigenvalue weighted by molar-refractivity contribution is 6.33. The van der Waals surface area contributed by atoms with E-state index in [4.69, 9.17) is 16.3 Å². The van der Waals surface area contributed by atoms with Crippen LogP contribution in [0, 0.1) is 13.8 Å². The van der Waals surface area contributed by atoms with E-state index in [1.54, 1.807) is 45.0 Å². The number of hydrogen-bond acceptors (Lipinski definition) is 4. The lowest BCUT2D eigenvalue weighted by Gasteiger charge is -2.32. The predicted octanol–water partition coefficient (Wildman–Crippen LogP) is 4.19. The Balaban J connectivity index is 2.44. The van der Waals surface area contributed by atoms with Crippen molar-refractivity contribution < 1.29 is 19.1 Å². The number of carbonyl (C=O) groups is 3. The Morgan fingerprint density at radius 2 is 1.71 bits per heavy atom. The minimum atomic E-state index is -0.748. The first-order valence-corrected chi connectivity index (χ1v) is 9.38. The summed E-state index contributed by atoms with van der Waals surface area (Å²) in [5.74, 6) is -1.11. The predicted molar refractivity (Wildman–Crippen MR) is 108 cm³/mol. The second-order valence-electron chi connectivity index (χ2n) is 6.94. The van der Waals surface area contributed by atoms with Crippen molar-refractivity contribution in [1.29, 1.82) is 0 Å². The van der Waals surface area contributed by atoms with Gasteiger partial charge < -0.3 is 14.6 Å². The summed E-state index contributed by atoms with van der Waals surface area (Å²) in [4.78, 5) is 42.7. The van der Waals surface area contributed by atoms with E-state index in [-0.39, 0.29) is 23.4 Å². The summed E-state index contributed by atoms with van der Waals surface area (Å²) < 4.78 is 4.76. The zero-order valence-corrected chi connectivity index (χ0v) is 17.7. The van der Waals surface area contributed by atoms with E-state index in [1.165, 1.54) is 12.0 Å². The van der Waals surface area contributed by atoms with Crippen molar-refractivity contribution in [3.63, 3.8) is 0 Å². The summed E-state index contributed by atoms with van der Waals surface area (Å²) in [7, 11) is 1.28. The van der Waals surface area contributed by atoms with Gasteiger partial charge in [0.1, 0.15) is 5.69 Å². The molecule has 2 aromatic rings. The van der Waals surface area contributed by atoms with Crippen molar-refractivity contribution in [3.8, 4) is 0 Å². The second kappa shape index (κ2) is 8.61. The van der Waals surface area contributed by atoms with Crippen molar-refractivity contribution in [2.75, 3.05) is 7.11 Å². The van der Waals surface area contributed by atoms with Crippen LogP contribution in [0.1, 0.15) is 63.2 Å². The number of esters is 1. The molecule has 1 heterocycles. The number of amides is 1. The van der Waals surface area contributed by atoms with Crippen molar-refractivity contribution in [2.45, 2.75) is 46.7 Å². The fraction of sp³-hybridized carbons (Fsp3) is 0.381. The third kappa shape index (κ3) is 3.97. The molecule has 6 nitrogen and oxygen atoms in total. The van der Waals surface area contributed by atoms with Gasteiger partial charge in [0, 0.05) is 17.3 Å². The topological polar surface area (TPSA) is 79.5 Å². The van der Waals surface area contributed by atoms with E-state index >= 15 is 0 Å². The first-order chi connectivity index (χ1) is 13.1.